The molecule has 0 aliphatic rings. The van der Waals surface area contributed by atoms with Crippen LogP contribution < -0.4 is 11.1 Å². The summed E-state index contributed by atoms with van der Waals surface area (Å²) in [5.41, 5.74) is 9.11. The molecule has 0 spiro atoms. The van der Waals surface area contributed by atoms with Gasteiger partial charge < -0.3 is 44.2 Å². The fourth-order valence-electron chi connectivity index (χ4n) is 7.53. The van der Waals surface area contributed by atoms with E-state index in [1.165, 1.54) is 35.4 Å². The molecule has 0 saturated heterocycles. The minimum atomic E-state index is -1.24. The van der Waals surface area contributed by atoms with Crippen molar-refractivity contribution in [1.29, 1.82) is 0 Å². The number of fused-ring (bicyclic) bond motifs is 4. The molecule has 2 aromatic carbocycles. The number of nitrogens with zero attached hydrogens (tertiary/aromatic N) is 9. The van der Waals surface area contributed by atoms with Gasteiger partial charge in [0.05, 0.1) is 53.0 Å². The first-order valence-electron chi connectivity index (χ1n) is 23.7. The van der Waals surface area contributed by atoms with Crippen molar-refractivity contribution in [1.82, 2.24) is 54.4 Å². The quantitative estimate of drug-likeness (QED) is 0.0436. The van der Waals surface area contributed by atoms with Crippen molar-refractivity contribution in [3.05, 3.63) is 81.9 Å². The zero-order chi connectivity index (χ0) is 54.2. The van der Waals surface area contributed by atoms with E-state index in [0.29, 0.717) is 65.5 Å². The van der Waals surface area contributed by atoms with Crippen LogP contribution in [-0.2, 0) is 39.5 Å². The predicted octanol–water partition coefficient (Wildman–Crippen LogP) is 9.61. The minimum Gasteiger partial charge on any atom is -0.478 e. The maximum Gasteiger partial charge on any atom is 0.339 e. The van der Waals surface area contributed by atoms with Gasteiger partial charge in [-0.05, 0) is 50.2 Å². The molecule has 0 saturated carbocycles. The van der Waals surface area contributed by atoms with Gasteiger partial charge in [-0.1, -0.05) is 62.5 Å². The molecule has 0 aliphatic carbocycles. The van der Waals surface area contributed by atoms with Crippen LogP contribution in [0.3, 0.4) is 0 Å². The highest BCUT2D eigenvalue weighted by atomic mass is 35.5. The second-order valence-electron chi connectivity index (χ2n) is 20.3. The molecule has 0 radical (unpaired) electrons. The Morgan fingerprint density at radius 3 is 1.81 bits per heavy atom. The second kappa shape index (κ2) is 24.7. The maximum absolute atomic E-state index is 14.7. The number of rotatable bonds is 19. The van der Waals surface area contributed by atoms with Gasteiger partial charge in [-0.15, -0.1) is 0 Å². The van der Waals surface area contributed by atoms with Crippen LogP contribution in [0.4, 0.5) is 8.78 Å². The number of H-pyrrole nitrogens is 1. The highest BCUT2D eigenvalue weighted by molar-refractivity contribution is 6.76. The first-order valence-corrected chi connectivity index (χ1v) is 31.9. The van der Waals surface area contributed by atoms with Crippen LogP contribution in [0.15, 0.2) is 49.1 Å². The molecule has 0 unspecified atom stereocenters. The fraction of sp³-hybridized carbons (Fsp3) is 0.429. The Morgan fingerprint density at radius 2 is 1.30 bits per heavy atom. The Morgan fingerprint density at radius 1 is 0.784 bits per heavy atom. The van der Waals surface area contributed by atoms with Crippen LogP contribution in [0.5, 0.6) is 0 Å². The van der Waals surface area contributed by atoms with Gasteiger partial charge in [0.1, 0.15) is 64.5 Å². The summed E-state index contributed by atoms with van der Waals surface area (Å²) in [6, 6.07) is 7.61. The van der Waals surface area contributed by atoms with Gasteiger partial charge in [0, 0.05) is 85.2 Å². The number of ether oxygens (including phenoxy) is 4. The van der Waals surface area contributed by atoms with Crippen LogP contribution in [0.25, 0.3) is 66.9 Å². The van der Waals surface area contributed by atoms with Crippen molar-refractivity contribution < 1.29 is 42.4 Å². The van der Waals surface area contributed by atoms with E-state index in [4.69, 9.17) is 43.1 Å². The minimum absolute atomic E-state index is 0.00750. The zero-order valence-corrected chi connectivity index (χ0v) is 47.0. The lowest BCUT2D eigenvalue weighted by molar-refractivity contribution is 0.0695. The number of amides is 1. The smallest absolute Gasteiger partial charge is 0.339 e. The van der Waals surface area contributed by atoms with E-state index < -0.39 is 33.8 Å². The first-order chi connectivity index (χ1) is 34.9. The molecule has 398 valence electrons. The van der Waals surface area contributed by atoms with Crippen LogP contribution in [-0.4, -0.2) is 135 Å². The standard InChI is InChI=1S/C24H30ClFN6O3Si.C21H23ClFN5O3Si.C4H11NO/c1-14(12-34-2)28-24(33)16-11-32(13-35-6-7-36(3,4)5)23-21(16)29-19(10-27-23)22-20-17(26)8-15(25)9-18(20)30-31-22;1-27-16-8-12(22)7-14(23)17(16)19(26-27)15-9-24-20-18(25-15)13(21(29)30)10-28(20)11-31-5-6-32(2,3)4;1-4(5)3-6-2/h8-11,14H,6-7,12-13H2,1-5H3,(H,28,33)(H,30,31);7-10H,5-6,11H2,1-4H3,(H,29,30);4H,3,5H2,1-2H3/t14-;;4-/m0.0/s1. The molecule has 8 aromatic rings. The number of aromatic carboxylic acids is 1. The van der Waals surface area contributed by atoms with Crippen LogP contribution >= 0.6 is 23.2 Å². The number of hydrogen-bond acceptors (Lipinski definition) is 13. The monoisotopic (exact) mass is 1100 g/mol. The third-order valence-corrected chi connectivity index (χ3v) is 15.1. The molecule has 0 aliphatic heterocycles. The molecular weight excluding hydrogens is 1030 g/mol. The summed E-state index contributed by atoms with van der Waals surface area (Å²) in [7, 11) is 2.40. The van der Waals surface area contributed by atoms with Gasteiger partial charge in [0.2, 0.25) is 0 Å². The molecule has 6 aromatic heterocycles. The molecule has 19 nitrogen and oxygen atoms in total. The summed E-state index contributed by atoms with van der Waals surface area (Å²) in [6.45, 7) is 20.0. The molecule has 25 heteroatoms. The first kappa shape index (κ1) is 57.5. The van der Waals surface area contributed by atoms with E-state index in [2.05, 4.69) is 84.6 Å². The number of aromatic nitrogens is 10. The summed E-state index contributed by atoms with van der Waals surface area (Å²) >= 11 is 12.0. The predicted molar refractivity (Wildman–Crippen MR) is 289 cm³/mol. The number of nitrogens with one attached hydrogen (secondary N) is 2. The Labute approximate surface area is 439 Å². The van der Waals surface area contributed by atoms with Crippen LogP contribution in [0, 0.1) is 11.6 Å². The molecule has 0 bridgehead atoms. The molecule has 1 amide bonds. The molecule has 74 heavy (non-hydrogen) atoms. The number of nitrogens with two attached hydrogens (primary N) is 1. The molecule has 5 N–H and O–H groups in total. The number of aryl methyl sites for hydroxylation is 1. The largest absolute Gasteiger partial charge is 0.478 e. The van der Waals surface area contributed by atoms with Crippen molar-refractivity contribution >= 4 is 95.4 Å². The summed E-state index contributed by atoms with van der Waals surface area (Å²) in [5.74, 6) is -2.51. The Kier molecular flexibility index (Phi) is 19.2. The topological polar surface area (TPSA) is 237 Å². The summed E-state index contributed by atoms with van der Waals surface area (Å²) < 4.78 is 55.8. The average Bonchev–Trinajstić information content (AvgIpc) is 4.08. The third-order valence-electron chi connectivity index (χ3n) is 11.2. The fourth-order valence-corrected chi connectivity index (χ4v) is 9.45. The lowest BCUT2D eigenvalue weighted by atomic mass is 10.1. The van der Waals surface area contributed by atoms with Gasteiger partial charge in [-0.2, -0.15) is 10.2 Å². The molecule has 2 atom stereocenters. The van der Waals surface area contributed by atoms with Crippen LogP contribution in [0.1, 0.15) is 34.6 Å². The van der Waals surface area contributed by atoms with E-state index >= 15 is 0 Å². The number of halogens is 4. The number of carbonyl (C=O) groups excluding carboxylic acids is 1. The Hall–Kier alpha value is -5.77. The summed E-state index contributed by atoms with van der Waals surface area (Å²) in [5, 5.41) is 25.0. The summed E-state index contributed by atoms with van der Waals surface area (Å²) in [6.07, 6.45) is 6.12. The molecule has 0 fully saturated rings. The van der Waals surface area contributed by atoms with Crippen molar-refractivity contribution in [2.45, 2.75) is 90.8 Å². The Bertz CT molecular complexity index is 3260. The van der Waals surface area contributed by atoms with Gasteiger partial charge in [-0.3, -0.25) is 14.6 Å². The highest BCUT2D eigenvalue weighted by Crippen LogP contribution is 2.33. The number of carboxylic acid groups (broad SMARTS) is 1. The average molecular weight is 1100 g/mol. The Balaban J connectivity index is 0.000000218. The van der Waals surface area contributed by atoms with E-state index in [1.54, 1.807) is 48.7 Å². The van der Waals surface area contributed by atoms with Crippen molar-refractivity contribution in [3.8, 4) is 22.8 Å². The number of carboxylic acids is 1. The van der Waals surface area contributed by atoms with Gasteiger partial charge in [0.15, 0.2) is 11.3 Å². The summed E-state index contributed by atoms with van der Waals surface area (Å²) in [4.78, 5) is 43.1. The third kappa shape index (κ3) is 14.5. The normalized spacial score (nSPS) is 12.8. The van der Waals surface area contributed by atoms with E-state index in [9.17, 15) is 23.5 Å². The number of aromatic amines is 1. The van der Waals surface area contributed by atoms with Crippen LogP contribution in [0.2, 0.25) is 61.4 Å². The van der Waals surface area contributed by atoms with Gasteiger partial charge in [-0.25, -0.2) is 33.5 Å². The van der Waals surface area contributed by atoms with Crippen molar-refractivity contribution in [2.24, 2.45) is 12.8 Å². The van der Waals surface area contributed by atoms with E-state index in [0.717, 1.165) is 12.1 Å². The molecule has 6 heterocycles. The van der Waals surface area contributed by atoms with E-state index in [-0.39, 0.29) is 80.4 Å². The number of benzene rings is 2. The lowest BCUT2D eigenvalue weighted by Crippen LogP contribution is -2.35. The number of hydrogen-bond donors (Lipinski definition) is 4. The molecule has 8 rings (SSSR count). The second-order valence-corrected chi connectivity index (χ2v) is 32.4. The van der Waals surface area contributed by atoms with Crippen molar-refractivity contribution in [3.63, 3.8) is 0 Å². The van der Waals surface area contributed by atoms with Crippen molar-refractivity contribution in [2.75, 3.05) is 40.6 Å². The maximum atomic E-state index is 14.7. The molecular formula is C49H64Cl2F2N12O7Si2. The van der Waals surface area contributed by atoms with Gasteiger partial charge in [0.25, 0.3) is 5.91 Å². The van der Waals surface area contributed by atoms with Gasteiger partial charge >= 0.3 is 5.97 Å². The lowest BCUT2D eigenvalue weighted by Gasteiger charge is -2.15. The SMILES string of the molecule is COC[C@H](C)N.COC[C@H](C)NC(=O)c1cn(COCC[Si](C)(C)C)c2ncc(-c3n[nH]c4cc(Cl)cc(F)c34)nc12.Cn1nc(-c2cnc3c(n2)c(C(=O)O)cn3COCC[Si](C)(C)C)c2c(F)cc(Cl)cc21. The zero-order valence-electron chi connectivity index (χ0n) is 43.4. The van der Waals surface area contributed by atoms with E-state index in [1.807, 2.05) is 13.8 Å². The number of methoxy groups -OCH3 is 2. The number of carbonyl (C=O) groups is 2. The highest BCUT2D eigenvalue weighted by Gasteiger charge is 2.25.